The van der Waals surface area contributed by atoms with Gasteiger partial charge in [0.15, 0.2) is 17.3 Å². The molecule has 0 saturated carbocycles. The molecule has 0 fully saturated rings. The molecule has 1 aromatic heterocycles. The summed E-state index contributed by atoms with van der Waals surface area (Å²) in [6.45, 7) is 0.431. The number of ether oxygens (including phenoxy) is 2. The Morgan fingerprint density at radius 3 is 2.53 bits per heavy atom. The fourth-order valence-electron chi connectivity index (χ4n) is 3.33. The molecule has 3 aromatic carbocycles. The summed E-state index contributed by atoms with van der Waals surface area (Å²) >= 11 is 0. The molecule has 0 bridgehead atoms. The Kier molecular flexibility index (Phi) is 5.49. The summed E-state index contributed by atoms with van der Waals surface area (Å²) in [5, 5.41) is 9.78. The third-order valence-corrected chi connectivity index (χ3v) is 4.88. The van der Waals surface area contributed by atoms with Gasteiger partial charge in [-0.15, -0.1) is 0 Å². The highest BCUT2D eigenvalue weighted by Crippen LogP contribution is 2.31. The lowest BCUT2D eigenvalue weighted by atomic mass is 10.1. The van der Waals surface area contributed by atoms with Crippen molar-refractivity contribution in [2.75, 3.05) is 7.11 Å². The first-order valence-corrected chi connectivity index (χ1v) is 9.58. The van der Waals surface area contributed by atoms with Gasteiger partial charge < -0.3 is 14.0 Å². The Balaban J connectivity index is 1.67. The molecule has 0 aliphatic heterocycles. The second-order valence-electron chi connectivity index (χ2n) is 6.84. The van der Waals surface area contributed by atoms with Gasteiger partial charge in [0.2, 0.25) is 0 Å². The van der Waals surface area contributed by atoms with E-state index in [9.17, 15) is 5.26 Å². The largest absolute Gasteiger partial charge is 0.493 e. The molecule has 4 aromatic rings. The van der Waals surface area contributed by atoms with Crippen molar-refractivity contribution in [3.8, 4) is 17.6 Å². The van der Waals surface area contributed by atoms with E-state index >= 15 is 0 Å². The van der Waals surface area contributed by atoms with Crippen molar-refractivity contribution in [3.63, 3.8) is 0 Å². The number of fused-ring (bicyclic) bond motifs is 1. The Morgan fingerprint density at radius 1 is 1.03 bits per heavy atom. The van der Waals surface area contributed by atoms with Crippen LogP contribution in [0.1, 0.15) is 17.0 Å². The lowest BCUT2D eigenvalue weighted by Gasteiger charge is -2.12. The van der Waals surface area contributed by atoms with Crippen molar-refractivity contribution in [3.05, 3.63) is 89.7 Å². The van der Waals surface area contributed by atoms with E-state index in [0.29, 0.717) is 29.5 Å². The minimum absolute atomic E-state index is 0.431. The van der Waals surface area contributed by atoms with E-state index in [1.165, 1.54) is 0 Å². The minimum atomic E-state index is 0.431. The van der Waals surface area contributed by atoms with Crippen LogP contribution < -0.4 is 9.47 Å². The van der Waals surface area contributed by atoms with Gasteiger partial charge in [0, 0.05) is 7.05 Å². The van der Waals surface area contributed by atoms with Gasteiger partial charge in [-0.3, -0.25) is 0 Å². The number of nitriles is 1. The normalized spacial score (nSPS) is 11.3. The molecule has 0 radical (unpaired) electrons. The van der Waals surface area contributed by atoms with Crippen LogP contribution in [-0.2, 0) is 13.7 Å². The number of hydrogen-bond acceptors (Lipinski definition) is 4. The standard InChI is InChI=1S/C25H21N3O2/c1-28-22-11-7-6-10-21(22)27-25(28)20(16-26)14-19-12-13-23(29-2)24(15-19)30-17-18-8-4-3-5-9-18/h3-15H,17H2,1-2H3/b20-14+. The van der Waals surface area contributed by atoms with Crippen LogP contribution in [0.4, 0.5) is 0 Å². The van der Waals surface area contributed by atoms with Crippen LogP contribution in [0, 0.1) is 11.3 Å². The third kappa shape index (κ3) is 3.89. The number of benzene rings is 3. The monoisotopic (exact) mass is 395 g/mol. The smallest absolute Gasteiger partial charge is 0.162 e. The first kappa shape index (κ1) is 19.3. The summed E-state index contributed by atoms with van der Waals surface area (Å²) < 4.78 is 13.4. The van der Waals surface area contributed by atoms with Gasteiger partial charge in [0.05, 0.1) is 23.7 Å². The minimum Gasteiger partial charge on any atom is -0.493 e. The maximum atomic E-state index is 9.78. The summed E-state index contributed by atoms with van der Waals surface area (Å²) in [5.74, 6) is 1.89. The van der Waals surface area contributed by atoms with E-state index in [0.717, 1.165) is 22.2 Å². The maximum absolute atomic E-state index is 9.78. The van der Waals surface area contributed by atoms with Gasteiger partial charge in [-0.1, -0.05) is 48.5 Å². The van der Waals surface area contributed by atoms with Gasteiger partial charge in [-0.2, -0.15) is 5.26 Å². The molecule has 0 unspecified atom stereocenters. The molecule has 0 saturated heterocycles. The topological polar surface area (TPSA) is 60.1 Å². The van der Waals surface area contributed by atoms with Gasteiger partial charge in [-0.25, -0.2) is 4.98 Å². The molecule has 0 aliphatic carbocycles. The van der Waals surface area contributed by atoms with Crippen molar-refractivity contribution < 1.29 is 9.47 Å². The summed E-state index contributed by atoms with van der Waals surface area (Å²) in [6, 6.07) is 25.7. The highest BCUT2D eigenvalue weighted by Gasteiger charge is 2.13. The van der Waals surface area contributed by atoms with Crippen LogP contribution in [0.25, 0.3) is 22.7 Å². The Hall–Kier alpha value is -4.04. The van der Waals surface area contributed by atoms with Crippen LogP contribution in [0.3, 0.4) is 0 Å². The highest BCUT2D eigenvalue weighted by atomic mass is 16.5. The van der Waals surface area contributed by atoms with E-state index < -0.39 is 0 Å². The molecule has 4 rings (SSSR count). The van der Waals surface area contributed by atoms with Gasteiger partial charge in [-0.05, 0) is 41.5 Å². The van der Waals surface area contributed by atoms with Crippen molar-refractivity contribution in [1.82, 2.24) is 9.55 Å². The molecular weight excluding hydrogens is 374 g/mol. The fourth-order valence-corrected chi connectivity index (χ4v) is 3.33. The number of para-hydroxylation sites is 2. The molecule has 0 amide bonds. The van der Waals surface area contributed by atoms with E-state index in [4.69, 9.17) is 9.47 Å². The Bertz CT molecular complexity index is 1250. The van der Waals surface area contributed by atoms with E-state index in [1.807, 2.05) is 90.5 Å². The van der Waals surface area contributed by atoms with Crippen molar-refractivity contribution >= 4 is 22.7 Å². The summed E-state index contributed by atoms with van der Waals surface area (Å²) in [4.78, 5) is 4.63. The second kappa shape index (κ2) is 8.54. The average Bonchev–Trinajstić information content (AvgIpc) is 3.13. The quantitative estimate of drug-likeness (QED) is 0.420. The van der Waals surface area contributed by atoms with Crippen LogP contribution in [0.5, 0.6) is 11.5 Å². The molecule has 5 heteroatoms. The Morgan fingerprint density at radius 2 is 1.80 bits per heavy atom. The van der Waals surface area contributed by atoms with Crippen molar-refractivity contribution in [2.45, 2.75) is 6.61 Å². The number of allylic oxidation sites excluding steroid dienone is 1. The van der Waals surface area contributed by atoms with Crippen LogP contribution in [0.2, 0.25) is 0 Å². The molecule has 148 valence electrons. The lowest BCUT2D eigenvalue weighted by Crippen LogP contribution is -1.98. The number of imidazole rings is 1. The molecule has 0 spiro atoms. The molecule has 30 heavy (non-hydrogen) atoms. The number of methoxy groups -OCH3 is 1. The molecular formula is C25H21N3O2. The van der Waals surface area contributed by atoms with Crippen LogP contribution in [-0.4, -0.2) is 16.7 Å². The number of hydrogen-bond donors (Lipinski definition) is 0. The number of nitrogens with zero attached hydrogens (tertiary/aromatic N) is 3. The highest BCUT2D eigenvalue weighted by molar-refractivity contribution is 5.91. The van der Waals surface area contributed by atoms with Gasteiger partial charge in [0.25, 0.3) is 0 Å². The second-order valence-corrected chi connectivity index (χ2v) is 6.84. The molecule has 1 heterocycles. The number of rotatable bonds is 6. The molecule has 5 nitrogen and oxygen atoms in total. The summed E-state index contributed by atoms with van der Waals surface area (Å²) in [5.41, 5.74) is 4.22. The number of aryl methyl sites for hydroxylation is 1. The Labute approximate surface area is 175 Å². The van der Waals surface area contributed by atoms with Gasteiger partial charge >= 0.3 is 0 Å². The van der Waals surface area contributed by atoms with E-state index in [1.54, 1.807) is 7.11 Å². The first-order valence-electron chi connectivity index (χ1n) is 9.58. The van der Waals surface area contributed by atoms with Crippen LogP contribution >= 0.6 is 0 Å². The first-order chi connectivity index (χ1) is 14.7. The van der Waals surface area contributed by atoms with Crippen LogP contribution in [0.15, 0.2) is 72.8 Å². The summed E-state index contributed by atoms with van der Waals surface area (Å²) in [6.07, 6.45) is 1.82. The fraction of sp³-hybridized carbons (Fsp3) is 0.120. The number of aromatic nitrogens is 2. The summed E-state index contributed by atoms with van der Waals surface area (Å²) in [7, 11) is 3.53. The lowest BCUT2D eigenvalue weighted by molar-refractivity contribution is 0.284. The molecule has 0 aliphatic rings. The third-order valence-electron chi connectivity index (χ3n) is 4.88. The zero-order valence-corrected chi connectivity index (χ0v) is 16.9. The zero-order valence-electron chi connectivity index (χ0n) is 16.9. The predicted molar refractivity (Wildman–Crippen MR) is 118 cm³/mol. The van der Waals surface area contributed by atoms with E-state index in [-0.39, 0.29) is 0 Å². The van der Waals surface area contributed by atoms with Crippen molar-refractivity contribution in [1.29, 1.82) is 5.26 Å². The van der Waals surface area contributed by atoms with E-state index in [2.05, 4.69) is 11.1 Å². The SMILES string of the molecule is COc1ccc(/C=C(\C#N)c2nc3ccccc3n2C)cc1OCc1ccccc1. The maximum Gasteiger partial charge on any atom is 0.162 e. The zero-order chi connectivity index (χ0) is 20.9. The van der Waals surface area contributed by atoms with Crippen molar-refractivity contribution in [2.24, 2.45) is 7.05 Å². The molecule has 0 N–H and O–H groups in total. The van der Waals surface area contributed by atoms with Gasteiger partial charge in [0.1, 0.15) is 12.7 Å². The average molecular weight is 395 g/mol. The molecule has 0 atom stereocenters. The predicted octanol–water partition coefficient (Wildman–Crippen LogP) is 5.23.